The number of sulfonamides is 1. The number of H-pyrrole nitrogens is 1. The molecule has 25 heavy (non-hydrogen) atoms. The number of carbonyl (C=O) groups is 1. The molecule has 0 saturated carbocycles. The van der Waals surface area contributed by atoms with Crippen LogP contribution in [0.5, 0.6) is 0 Å². The maximum Gasteiger partial charge on any atom is 0.256 e. The second kappa shape index (κ2) is 7.25. The average molecular weight is 359 g/mol. The lowest BCUT2D eigenvalue weighted by atomic mass is 10.1. The first kappa shape index (κ1) is 17.4. The number of nitrogens with one attached hydrogen (secondary N) is 3. The molecule has 0 bridgehead atoms. The number of rotatable bonds is 7. The minimum absolute atomic E-state index is 0.164. The summed E-state index contributed by atoms with van der Waals surface area (Å²) in [6, 6.07) is 8.36. The fourth-order valence-electron chi connectivity index (χ4n) is 2.73. The van der Waals surface area contributed by atoms with E-state index in [1.807, 2.05) is 12.1 Å². The van der Waals surface area contributed by atoms with Gasteiger partial charge < -0.3 is 10.3 Å². The van der Waals surface area contributed by atoms with Crippen LogP contribution in [0.1, 0.15) is 37.4 Å². The predicted octanol–water partition coefficient (Wildman–Crippen LogP) is 2.98. The Bertz CT molecular complexity index is 900. The van der Waals surface area contributed by atoms with Gasteiger partial charge >= 0.3 is 0 Å². The molecule has 2 aromatic rings. The lowest BCUT2D eigenvalue weighted by molar-refractivity contribution is -0.110. The van der Waals surface area contributed by atoms with E-state index in [2.05, 4.69) is 21.9 Å². The molecule has 1 aromatic carbocycles. The van der Waals surface area contributed by atoms with Crippen molar-refractivity contribution >= 4 is 33.3 Å². The highest BCUT2D eigenvalue weighted by atomic mass is 32.2. The normalized spacial score (nSPS) is 15.4. The molecule has 0 aliphatic carbocycles. The van der Waals surface area contributed by atoms with E-state index in [0.29, 0.717) is 23.4 Å². The minimum Gasteiger partial charge on any atom is -0.362 e. The number of unbranched alkanes of at least 4 members (excludes halogenated alkanes) is 2. The maximum atomic E-state index is 12.5. The van der Waals surface area contributed by atoms with Gasteiger partial charge in [-0.15, -0.1) is 0 Å². The number of aromatic amines is 1. The van der Waals surface area contributed by atoms with Gasteiger partial charge in [-0.05, 0) is 42.8 Å². The van der Waals surface area contributed by atoms with Gasteiger partial charge in [0, 0.05) is 29.7 Å². The minimum atomic E-state index is -3.59. The van der Waals surface area contributed by atoms with Gasteiger partial charge in [0.25, 0.3) is 5.91 Å². The van der Waals surface area contributed by atoms with Crippen molar-refractivity contribution in [2.24, 2.45) is 0 Å². The maximum absolute atomic E-state index is 12.5. The van der Waals surface area contributed by atoms with Crippen LogP contribution in [0.2, 0.25) is 0 Å². The zero-order chi connectivity index (χ0) is 17.9. The van der Waals surface area contributed by atoms with Crippen molar-refractivity contribution in [2.75, 3.05) is 11.9 Å². The van der Waals surface area contributed by atoms with Crippen LogP contribution in [-0.4, -0.2) is 25.9 Å². The lowest BCUT2D eigenvalue weighted by Crippen LogP contribution is -2.24. The number of carbonyl (C=O) groups excluding carboxylic acids is 1. The molecule has 0 fully saturated rings. The average Bonchev–Trinajstić information content (AvgIpc) is 3.20. The zero-order valence-corrected chi connectivity index (χ0v) is 14.8. The molecular weight excluding hydrogens is 338 g/mol. The summed E-state index contributed by atoms with van der Waals surface area (Å²) in [6.45, 7) is 2.48. The van der Waals surface area contributed by atoms with Gasteiger partial charge in [0.1, 0.15) is 0 Å². The summed E-state index contributed by atoms with van der Waals surface area (Å²) in [6.07, 6.45) is 6.29. The predicted molar refractivity (Wildman–Crippen MR) is 98.4 cm³/mol. The summed E-state index contributed by atoms with van der Waals surface area (Å²) in [5.41, 5.74) is 2.44. The van der Waals surface area contributed by atoms with Gasteiger partial charge in [-0.3, -0.25) is 4.79 Å². The third-order valence-electron chi connectivity index (χ3n) is 4.08. The Hall–Kier alpha value is -2.38. The molecule has 3 N–H and O–H groups in total. The number of hydrogen-bond acceptors (Lipinski definition) is 3. The number of anilines is 1. The van der Waals surface area contributed by atoms with E-state index >= 15 is 0 Å². The van der Waals surface area contributed by atoms with Crippen molar-refractivity contribution in [3.63, 3.8) is 0 Å². The zero-order valence-electron chi connectivity index (χ0n) is 14.0. The van der Waals surface area contributed by atoms with E-state index in [-0.39, 0.29) is 10.8 Å². The first-order valence-corrected chi connectivity index (χ1v) is 9.80. The quantitative estimate of drug-likeness (QED) is 0.524. The van der Waals surface area contributed by atoms with Crippen LogP contribution in [-0.2, 0) is 14.8 Å². The molecule has 0 atom stereocenters. The smallest absolute Gasteiger partial charge is 0.256 e. The van der Waals surface area contributed by atoms with Crippen LogP contribution in [0.4, 0.5) is 5.69 Å². The lowest BCUT2D eigenvalue weighted by Gasteiger charge is -2.08. The monoisotopic (exact) mass is 359 g/mol. The van der Waals surface area contributed by atoms with E-state index < -0.39 is 10.0 Å². The summed E-state index contributed by atoms with van der Waals surface area (Å²) >= 11 is 0. The fraction of sp³-hybridized carbons (Fsp3) is 0.278. The Morgan fingerprint density at radius 1 is 1.20 bits per heavy atom. The first-order chi connectivity index (χ1) is 12.0. The van der Waals surface area contributed by atoms with Gasteiger partial charge in [-0.1, -0.05) is 19.8 Å². The molecule has 2 heterocycles. The Labute approximate surface area is 147 Å². The topological polar surface area (TPSA) is 91.1 Å². The number of aromatic nitrogens is 1. The summed E-state index contributed by atoms with van der Waals surface area (Å²) in [4.78, 5) is 15.4. The molecule has 7 heteroatoms. The molecular formula is C18H21N3O3S. The van der Waals surface area contributed by atoms with Crippen LogP contribution in [0.15, 0.2) is 41.4 Å². The number of hydrogen-bond donors (Lipinski definition) is 3. The van der Waals surface area contributed by atoms with Crippen LogP contribution >= 0.6 is 0 Å². The molecule has 1 aromatic heterocycles. The first-order valence-electron chi connectivity index (χ1n) is 8.32. The summed E-state index contributed by atoms with van der Waals surface area (Å²) < 4.78 is 27.5. The molecule has 0 radical (unpaired) electrons. The van der Waals surface area contributed by atoms with Gasteiger partial charge in [-0.2, -0.15) is 0 Å². The third-order valence-corrected chi connectivity index (χ3v) is 5.54. The van der Waals surface area contributed by atoms with Gasteiger partial charge in [0.2, 0.25) is 10.0 Å². The molecule has 0 spiro atoms. The van der Waals surface area contributed by atoms with Crippen LogP contribution in [0, 0.1) is 0 Å². The fourth-order valence-corrected chi connectivity index (χ4v) is 3.83. The van der Waals surface area contributed by atoms with E-state index in [0.717, 1.165) is 25.0 Å². The van der Waals surface area contributed by atoms with Gasteiger partial charge in [0.15, 0.2) is 0 Å². The molecule has 1 aliphatic heterocycles. The summed E-state index contributed by atoms with van der Waals surface area (Å²) in [5.74, 6) is -0.241. The van der Waals surface area contributed by atoms with E-state index in [9.17, 15) is 13.2 Å². The van der Waals surface area contributed by atoms with E-state index in [1.54, 1.807) is 24.4 Å². The largest absolute Gasteiger partial charge is 0.362 e. The second-order valence-electron chi connectivity index (χ2n) is 5.95. The molecule has 6 nitrogen and oxygen atoms in total. The van der Waals surface area contributed by atoms with Gasteiger partial charge in [-0.25, -0.2) is 13.1 Å². The molecule has 0 saturated heterocycles. The van der Waals surface area contributed by atoms with E-state index in [4.69, 9.17) is 0 Å². The highest BCUT2D eigenvalue weighted by Crippen LogP contribution is 2.34. The third kappa shape index (κ3) is 3.83. The van der Waals surface area contributed by atoms with Crippen molar-refractivity contribution in [2.45, 2.75) is 31.1 Å². The second-order valence-corrected chi connectivity index (χ2v) is 7.72. The molecule has 1 aliphatic rings. The van der Waals surface area contributed by atoms with Crippen molar-refractivity contribution < 1.29 is 13.2 Å². The highest BCUT2D eigenvalue weighted by Gasteiger charge is 2.26. The molecule has 3 rings (SSSR count). The number of fused-ring (bicyclic) bond motifs is 1. The van der Waals surface area contributed by atoms with Crippen LogP contribution in [0.3, 0.4) is 0 Å². The number of amides is 1. The Balaban J connectivity index is 1.89. The van der Waals surface area contributed by atoms with Crippen molar-refractivity contribution in [3.8, 4) is 0 Å². The van der Waals surface area contributed by atoms with Crippen molar-refractivity contribution in [1.29, 1.82) is 0 Å². The summed E-state index contributed by atoms with van der Waals surface area (Å²) in [7, 11) is -3.59. The molecule has 132 valence electrons. The Kier molecular flexibility index (Phi) is 5.06. The Morgan fingerprint density at radius 3 is 2.76 bits per heavy atom. The highest BCUT2D eigenvalue weighted by molar-refractivity contribution is 7.89. The van der Waals surface area contributed by atoms with Gasteiger partial charge in [0.05, 0.1) is 10.5 Å². The van der Waals surface area contributed by atoms with Crippen molar-refractivity contribution in [1.82, 2.24) is 9.71 Å². The van der Waals surface area contributed by atoms with Crippen molar-refractivity contribution in [3.05, 3.63) is 47.8 Å². The SMILES string of the molecule is CCCCCNS(=O)(=O)c1ccc2c(c1)/C(=C\c1ccc[nH]1)C(=O)N2. The number of benzene rings is 1. The summed E-state index contributed by atoms with van der Waals surface area (Å²) in [5, 5.41) is 2.76. The standard InChI is InChI=1S/C18H21N3O3S/c1-2-3-4-10-20-25(23,24)14-7-8-17-15(12-14)16(18(22)21-17)11-13-6-5-9-19-13/h5-9,11-12,19-20H,2-4,10H2,1H3,(H,21,22)/b16-11+. The van der Waals surface area contributed by atoms with Crippen LogP contribution < -0.4 is 10.0 Å². The molecule has 0 unspecified atom stereocenters. The Morgan fingerprint density at radius 2 is 2.04 bits per heavy atom. The molecule has 1 amide bonds. The van der Waals surface area contributed by atoms with E-state index in [1.165, 1.54) is 6.07 Å². The van der Waals surface area contributed by atoms with Crippen LogP contribution in [0.25, 0.3) is 11.6 Å².